The summed E-state index contributed by atoms with van der Waals surface area (Å²) in [5, 5.41) is 16.7. The van der Waals surface area contributed by atoms with Crippen molar-refractivity contribution in [3.63, 3.8) is 0 Å². The summed E-state index contributed by atoms with van der Waals surface area (Å²) in [5.41, 5.74) is 4.43. The highest BCUT2D eigenvalue weighted by molar-refractivity contribution is 7.26. The molecule has 0 fully saturated rings. The summed E-state index contributed by atoms with van der Waals surface area (Å²) in [6.45, 7) is 7.27. The van der Waals surface area contributed by atoms with E-state index in [0.717, 1.165) is 27.9 Å². The Bertz CT molecular complexity index is 3340. The zero-order chi connectivity index (χ0) is 34.7. The van der Waals surface area contributed by atoms with Crippen molar-refractivity contribution < 1.29 is 0 Å². The summed E-state index contributed by atoms with van der Waals surface area (Å²) in [5.74, 6) is 0.970. The molecule has 2 nitrogen and oxygen atoms in total. The molecule has 52 heavy (non-hydrogen) atoms. The average Bonchev–Trinajstić information content (AvgIpc) is 3.75. The molecule has 11 rings (SSSR count). The minimum Gasteiger partial charge on any atom is -0.291 e. The van der Waals surface area contributed by atoms with Gasteiger partial charge in [-0.3, -0.25) is 4.40 Å². The zero-order valence-electron chi connectivity index (χ0n) is 29.2. The standard InChI is InChI=1S/C48H34N2SSi/c1-52(2,3)31-24-25-32-29(26-31)22-23-30-27-42-39-18-10-19-40(47(39)51-45(42)28-41(30)32)48-49-43-20-11-17-38-36-15-7-5-13-34(36)33-12-4-6-14-35(33)37-16-8-9-21-44(37)50(48)46(38)43/h4-28H,1-3H3. The predicted molar refractivity (Wildman–Crippen MR) is 230 cm³/mol. The molecule has 11 aromatic rings. The smallest absolute Gasteiger partial charge is 0.147 e. The van der Waals surface area contributed by atoms with Crippen LogP contribution in [-0.2, 0) is 0 Å². The average molecular weight is 699 g/mol. The normalized spacial score (nSPS) is 12.5. The molecular formula is C48H34N2SSi. The van der Waals surface area contributed by atoms with E-state index >= 15 is 0 Å². The molecule has 0 amide bonds. The molecule has 0 aliphatic carbocycles. The number of benzene rings is 8. The van der Waals surface area contributed by atoms with Gasteiger partial charge < -0.3 is 0 Å². The molecule has 3 aromatic heterocycles. The lowest BCUT2D eigenvalue weighted by Crippen LogP contribution is -2.37. The Balaban J connectivity index is 1.28. The number of rotatable bonds is 2. The van der Waals surface area contributed by atoms with Gasteiger partial charge in [0.25, 0.3) is 0 Å². The van der Waals surface area contributed by atoms with Gasteiger partial charge in [0.2, 0.25) is 0 Å². The second-order valence-corrected chi connectivity index (χ2v) is 21.3. The van der Waals surface area contributed by atoms with E-state index in [1.54, 1.807) is 0 Å². The van der Waals surface area contributed by atoms with Gasteiger partial charge in [-0.1, -0.05) is 146 Å². The van der Waals surface area contributed by atoms with Crippen LogP contribution in [0.5, 0.6) is 0 Å². The van der Waals surface area contributed by atoms with Gasteiger partial charge >= 0.3 is 0 Å². The SMILES string of the molecule is C[Si](C)(C)c1ccc2c(ccc3cc4c(cc32)sc2c(-c3nc5cccc6c7ccccc7c7ccccc7c7ccccc7n3c56)cccc24)c1. The van der Waals surface area contributed by atoms with Crippen LogP contribution in [0.15, 0.2) is 152 Å². The first kappa shape index (κ1) is 29.9. The Hall–Kier alpha value is -5.81. The Morgan fingerprint density at radius 1 is 0.481 bits per heavy atom. The van der Waals surface area contributed by atoms with Crippen LogP contribution in [0.1, 0.15) is 0 Å². The first-order valence-electron chi connectivity index (χ1n) is 18.0. The molecule has 0 saturated carbocycles. The number of nitrogens with zero attached hydrogens (tertiary/aromatic N) is 2. The fourth-order valence-corrected chi connectivity index (χ4v) is 11.0. The molecule has 0 saturated heterocycles. The number of hydrogen-bond donors (Lipinski definition) is 0. The number of hydrogen-bond acceptors (Lipinski definition) is 2. The quantitative estimate of drug-likeness (QED) is 0.130. The van der Waals surface area contributed by atoms with E-state index in [2.05, 4.69) is 176 Å². The Morgan fingerprint density at radius 3 is 1.85 bits per heavy atom. The molecule has 0 spiro atoms. The fourth-order valence-electron chi connectivity index (χ4n) is 8.56. The van der Waals surface area contributed by atoms with E-state index in [1.807, 2.05) is 11.3 Å². The van der Waals surface area contributed by atoms with Crippen molar-refractivity contribution in [2.45, 2.75) is 19.6 Å². The van der Waals surface area contributed by atoms with E-state index in [-0.39, 0.29) is 0 Å². The van der Waals surface area contributed by atoms with Crippen LogP contribution < -0.4 is 5.19 Å². The van der Waals surface area contributed by atoms with Crippen LogP contribution in [-0.4, -0.2) is 17.5 Å². The van der Waals surface area contributed by atoms with Crippen LogP contribution >= 0.6 is 11.3 Å². The third-order valence-corrected chi connectivity index (χ3v) is 14.4. The van der Waals surface area contributed by atoms with Crippen LogP contribution in [0.3, 0.4) is 0 Å². The molecular weight excluding hydrogens is 665 g/mol. The zero-order valence-corrected chi connectivity index (χ0v) is 31.1. The van der Waals surface area contributed by atoms with Gasteiger partial charge in [0.05, 0.1) is 24.6 Å². The van der Waals surface area contributed by atoms with E-state index in [0.29, 0.717) is 0 Å². The lowest BCUT2D eigenvalue weighted by molar-refractivity contribution is 1.23. The second kappa shape index (κ2) is 10.8. The van der Waals surface area contributed by atoms with Crippen molar-refractivity contribution in [3.8, 4) is 11.4 Å². The van der Waals surface area contributed by atoms with E-state index < -0.39 is 8.07 Å². The summed E-state index contributed by atoms with van der Waals surface area (Å²) in [6, 6.07) is 56.5. The van der Waals surface area contributed by atoms with Crippen LogP contribution in [0.4, 0.5) is 0 Å². The Kier molecular flexibility index (Phi) is 6.23. The van der Waals surface area contributed by atoms with Crippen molar-refractivity contribution in [3.05, 3.63) is 152 Å². The Labute approximate surface area is 305 Å². The summed E-state index contributed by atoms with van der Waals surface area (Å²) in [7, 11) is -1.41. The molecule has 246 valence electrons. The lowest BCUT2D eigenvalue weighted by atomic mass is 9.99. The molecule has 0 atom stereocenters. The van der Waals surface area contributed by atoms with Crippen molar-refractivity contribution >= 4 is 115 Å². The molecule has 0 unspecified atom stereocenters. The van der Waals surface area contributed by atoms with Crippen molar-refractivity contribution in [2.75, 3.05) is 0 Å². The molecule has 0 N–H and O–H groups in total. The minimum absolute atomic E-state index is 0.970. The number of para-hydroxylation sites is 2. The van der Waals surface area contributed by atoms with Gasteiger partial charge in [-0.05, 0) is 73.4 Å². The number of imidazole rings is 1. The van der Waals surface area contributed by atoms with E-state index in [4.69, 9.17) is 4.98 Å². The van der Waals surface area contributed by atoms with Gasteiger partial charge in [0.15, 0.2) is 0 Å². The fraction of sp³-hybridized carbons (Fsp3) is 0.0625. The van der Waals surface area contributed by atoms with E-state index in [9.17, 15) is 0 Å². The highest BCUT2D eigenvalue weighted by atomic mass is 32.1. The summed E-state index contributed by atoms with van der Waals surface area (Å²) >= 11 is 1.89. The maximum atomic E-state index is 5.51. The Morgan fingerprint density at radius 2 is 1.10 bits per heavy atom. The van der Waals surface area contributed by atoms with Crippen molar-refractivity contribution in [2.24, 2.45) is 0 Å². The molecule has 3 heterocycles. The topological polar surface area (TPSA) is 17.3 Å². The largest absolute Gasteiger partial charge is 0.291 e. The highest BCUT2D eigenvalue weighted by Gasteiger charge is 2.21. The van der Waals surface area contributed by atoms with Gasteiger partial charge in [0, 0.05) is 36.5 Å². The maximum Gasteiger partial charge on any atom is 0.147 e. The first-order chi connectivity index (χ1) is 25.4. The minimum atomic E-state index is -1.41. The molecule has 0 radical (unpaired) electrons. The number of thiophene rings is 1. The highest BCUT2D eigenvalue weighted by Crippen LogP contribution is 2.44. The molecule has 0 aliphatic rings. The van der Waals surface area contributed by atoms with Crippen LogP contribution in [0.25, 0.3) is 102 Å². The number of aromatic nitrogens is 2. The summed E-state index contributed by atoms with van der Waals surface area (Å²) in [4.78, 5) is 5.51. The van der Waals surface area contributed by atoms with E-state index in [1.165, 1.54) is 79.2 Å². The third-order valence-electron chi connectivity index (χ3n) is 11.1. The predicted octanol–water partition coefficient (Wildman–Crippen LogP) is 13.4. The third kappa shape index (κ3) is 4.25. The maximum absolute atomic E-state index is 5.51. The molecule has 8 aromatic carbocycles. The lowest BCUT2D eigenvalue weighted by Gasteiger charge is -2.17. The molecule has 4 heteroatoms. The second-order valence-electron chi connectivity index (χ2n) is 15.2. The van der Waals surface area contributed by atoms with Gasteiger partial charge in [0.1, 0.15) is 5.82 Å². The van der Waals surface area contributed by atoms with Gasteiger partial charge in [-0.15, -0.1) is 11.3 Å². The number of fused-ring (bicyclic) bond motifs is 13. The van der Waals surface area contributed by atoms with Gasteiger partial charge in [-0.25, -0.2) is 4.98 Å². The van der Waals surface area contributed by atoms with Crippen LogP contribution in [0, 0.1) is 0 Å². The molecule has 0 bridgehead atoms. The monoisotopic (exact) mass is 698 g/mol. The van der Waals surface area contributed by atoms with Gasteiger partial charge in [-0.2, -0.15) is 0 Å². The van der Waals surface area contributed by atoms with Crippen LogP contribution in [0.2, 0.25) is 19.6 Å². The molecule has 0 aliphatic heterocycles. The van der Waals surface area contributed by atoms with Crippen molar-refractivity contribution in [1.29, 1.82) is 0 Å². The summed E-state index contributed by atoms with van der Waals surface area (Å²) in [6.07, 6.45) is 0. The first-order valence-corrected chi connectivity index (χ1v) is 22.4. The summed E-state index contributed by atoms with van der Waals surface area (Å²) < 4.78 is 5.02. The van der Waals surface area contributed by atoms with Crippen molar-refractivity contribution in [1.82, 2.24) is 9.38 Å².